The van der Waals surface area contributed by atoms with Crippen LogP contribution >= 0.6 is 11.6 Å². The molecule has 5 heteroatoms. The van der Waals surface area contributed by atoms with Crippen molar-refractivity contribution in [2.24, 2.45) is 5.41 Å². The van der Waals surface area contributed by atoms with Gasteiger partial charge in [-0.2, -0.15) is 0 Å². The fourth-order valence-electron chi connectivity index (χ4n) is 2.99. The van der Waals surface area contributed by atoms with Crippen molar-refractivity contribution >= 4 is 29.1 Å². The number of halogens is 1. The lowest BCUT2D eigenvalue weighted by atomic mass is 10.0. The van der Waals surface area contributed by atoms with Crippen molar-refractivity contribution < 1.29 is 9.59 Å². The first-order chi connectivity index (χ1) is 12.4. The molecule has 26 heavy (non-hydrogen) atoms. The molecule has 136 valence electrons. The van der Waals surface area contributed by atoms with Crippen molar-refractivity contribution in [3.8, 4) is 0 Å². The topological polar surface area (TPSA) is 49.4 Å². The quantitative estimate of drug-likeness (QED) is 0.761. The number of carbonyl (C=O) groups excluding carboxylic acids is 2. The fraction of sp³-hybridized carbons (Fsp3) is 0.333. The van der Waals surface area contributed by atoms with Crippen LogP contribution in [-0.2, 0) is 16.1 Å². The molecule has 1 N–H and O–H groups in total. The van der Waals surface area contributed by atoms with E-state index in [1.165, 1.54) is 0 Å². The molecule has 1 aliphatic rings. The molecular weight excluding hydrogens is 348 g/mol. The third-order valence-corrected chi connectivity index (χ3v) is 5.03. The van der Waals surface area contributed by atoms with Gasteiger partial charge in [-0.1, -0.05) is 41.9 Å². The summed E-state index contributed by atoms with van der Waals surface area (Å²) in [4.78, 5) is 27.8. The van der Waals surface area contributed by atoms with Gasteiger partial charge in [-0.3, -0.25) is 9.59 Å². The number of hydrogen-bond donors (Lipinski definition) is 1. The Morgan fingerprint density at radius 1 is 1.08 bits per heavy atom. The summed E-state index contributed by atoms with van der Waals surface area (Å²) in [7, 11) is 0. The van der Waals surface area contributed by atoms with Gasteiger partial charge in [-0.25, -0.2) is 0 Å². The summed E-state index contributed by atoms with van der Waals surface area (Å²) in [5.74, 6) is -0.327. The average Bonchev–Trinajstić information content (AvgIpc) is 3.44. The van der Waals surface area contributed by atoms with Crippen LogP contribution < -0.4 is 5.32 Å². The first kappa shape index (κ1) is 18.5. The van der Waals surface area contributed by atoms with Gasteiger partial charge in [0.05, 0.1) is 0 Å². The molecule has 0 atom stereocenters. The zero-order chi connectivity index (χ0) is 18.7. The molecule has 0 aromatic heterocycles. The Kier molecular flexibility index (Phi) is 5.33. The van der Waals surface area contributed by atoms with Gasteiger partial charge in [0.25, 0.3) is 0 Å². The van der Waals surface area contributed by atoms with E-state index >= 15 is 0 Å². The van der Waals surface area contributed by atoms with E-state index in [2.05, 4.69) is 5.32 Å². The predicted octanol–water partition coefficient (Wildman–Crippen LogP) is 4.50. The van der Waals surface area contributed by atoms with E-state index in [4.69, 9.17) is 11.6 Å². The molecule has 2 aromatic rings. The van der Waals surface area contributed by atoms with E-state index in [9.17, 15) is 9.59 Å². The fourth-order valence-corrected chi connectivity index (χ4v) is 3.12. The number of hydrogen-bond acceptors (Lipinski definition) is 2. The van der Waals surface area contributed by atoms with E-state index in [-0.39, 0.29) is 17.9 Å². The van der Waals surface area contributed by atoms with E-state index in [1.807, 2.05) is 44.2 Å². The standard InChI is InChI=1S/C21H23ClN2O2/c1-15(2)24(14-16-6-4-3-5-7-16)20(26)21(12-13-21)19(25)23-18-10-8-17(22)9-11-18/h3-11,15H,12-14H2,1-2H3,(H,23,25). The van der Waals surface area contributed by atoms with Crippen LogP contribution in [-0.4, -0.2) is 22.8 Å². The summed E-state index contributed by atoms with van der Waals surface area (Å²) in [6.07, 6.45) is 1.17. The van der Waals surface area contributed by atoms with Crippen molar-refractivity contribution in [2.75, 3.05) is 5.32 Å². The van der Waals surface area contributed by atoms with Crippen LogP contribution in [0, 0.1) is 5.41 Å². The zero-order valence-electron chi connectivity index (χ0n) is 15.0. The SMILES string of the molecule is CC(C)N(Cc1ccccc1)C(=O)C1(C(=O)Nc2ccc(Cl)cc2)CC1. The van der Waals surface area contributed by atoms with Gasteiger partial charge in [0.1, 0.15) is 5.41 Å². The molecule has 4 nitrogen and oxygen atoms in total. The van der Waals surface area contributed by atoms with Crippen LogP contribution in [0.25, 0.3) is 0 Å². The van der Waals surface area contributed by atoms with Crippen molar-refractivity contribution in [3.63, 3.8) is 0 Å². The molecule has 0 radical (unpaired) electrons. The lowest BCUT2D eigenvalue weighted by Crippen LogP contribution is -2.45. The largest absolute Gasteiger partial charge is 0.335 e. The maximum Gasteiger partial charge on any atom is 0.240 e. The molecule has 2 amide bonds. The highest BCUT2D eigenvalue weighted by Gasteiger charge is 2.58. The Labute approximate surface area is 159 Å². The van der Waals surface area contributed by atoms with Gasteiger partial charge in [0.2, 0.25) is 11.8 Å². The summed E-state index contributed by atoms with van der Waals surface area (Å²) < 4.78 is 0. The predicted molar refractivity (Wildman–Crippen MR) is 104 cm³/mol. The van der Waals surface area contributed by atoms with E-state index in [1.54, 1.807) is 29.2 Å². The van der Waals surface area contributed by atoms with E-state index < -0.39 is 5.41 Å². The number of carbonyl (C=O) groups is 2. The number of rotatable bonds is 6. The third-order valence-electron chi connectivity index (χ3n) is 4.78. The van der Waals surface area contributed by atoms with E-state index in [0.29, 0.717) is 30.1 Å². The molecule has 3 rings (SSSR count). The molecule has 0 heterocycles. The van der Waals surface area contributed by atoms with E-state index in [0.717, 1.165) is 5.56 Å². The highest BCUT2D eigenvalue weighted by atomic mass is 35.5. The molecule has 0 unspecified atom stereocenters. The first-order valence-electron chi connectivity index (χ1n) is 8.84. The number of nitrogens with one attached hydrogen (secondary N) is 1. The Hall–Kier alpha value is -2.33. The Morgan fingerprint density at radius 3 is 2.23 bits per heavy atom. The lowest BCUT2D eigenvalue weighted by molar-refractivity contribution is -0.144. The number of amides is 2. The minimum absolute atomic E-state index is 0.0171. The number of benzene rings is 2. The summed E-state index contributed by atoms with van der Waals surface area (Å²) in [6.45, 7) is 4.47. The Morgan fingerprint density at radius 2 is 1.69 bits per heavy atom. The smallest absolute Gasteiger partial charge is 0.240 e. The molecular formula is C21H23ClN2O2. The zero-order valence-corrected chi connectivity index (χ0v) is 15.8. The monoisotopic (exact) mass is 370 g/mol. The third kappa shape index (κ3) is 3.91. The second kappa shape index (κ2) is 7.50. The molecule has 0 saturated heterocycles. The second-order valence-electron chi connectivity index (χ2n) is 7.06. The average molecular weight is 371 g/mol. The van der Waals surface area contributed by atoms with Crippen LogP contribution in [0.5, 0.6) is 0 Å². The molecule has 1 aliphatic carbocycles. The number of nitrogens with zero attached hydrogens (tertiary/aromatic N) is 1. The highest BCUT2D eigenvalue weighted by molar-refractivity contribution is 6.30. The molecule has 2 aromatic carbocycles. The van der Waals surface area contributed by atoms with Gasteiger partial charge in [-0.15, -0.1) is 0 Å². The molecule has 1 saturated carbocycles. The lowest BCUT2D eigenvalue weighted by Gasteiger charge is -2.30. The van der Waals surface area contributed by atoms with Crippen LogP contribution in [0.3, 0.4) is 0 Å². The minimum atomic E-state index is -0.946. The van der Waals surface area contributed by atoms with Crippen molar-refractivity contribution in [1.82, 2.24) is 4.90 Å². The van der Waals surface area contributed by atoms with Crippen molar-refractivity contribution in [3.05, 3.63) is 65.2 Å². The van der Waals surface area contributed by atoms with Gasteiger partial charge < -0.3 is 10.2 Å². The van der Waals surface area contributed by atoms with Crippen molar-refractivity contribution in [2.45, 2.75) is 39.3 Å². The van der Waals surface area contributed by atoms with Crippen LogP contribution in [0.15, 0.2) is 54.6 Å². The maximum atomic E-state index is 13.2. The normalized spacial score (nSPS) is 14.8. The van der Waals surface area contributed by atoms with Gasteiger partial charge >= 0.3 is 0 Å². The van der Waals surface area contributed by atoms with Crippen LogP contribution in [0.4, 0.5) is 5.69 Å². The Balaban J connectivity index is 1.75. The van der Waals surface area contributed by atoms with Crippen molar-refractivity contribution in [1.29, 1.82) is 0 Å². The van der Waals surface area contributed by atoms with Crippen LogP contribution in [0.1, 0.15) is 32.3 Å². The van der Waals surface area contributed by atoms with Crippen LogP contribution in [0.2, 0.25) is 5.02 Å². The summed E-state index contributed by atoms with van der Waals surface area (Å²) in [5.41, 5.74) is 0.764. The second-order valence-corrected chi connectivity index (χ2v) is 7.49. The van der Waals surface area contributed by atoms with Gasteiger partial charge in [0, 0.05) is 23.3 Å². The summed E-state index contributed by atoms with van der Waals surface area (Å²) in [5, 5.41) is 3.47. The molecule has 0 aliphatic heterocycles. The summed E-state index contributed by atoms with van der Waals surface area (Å²) >= 11 is 5.88. The Bertz CT molecular complexity index is 783. The molecule has 0 spiro atoms. The summed E-state index contributed by atoms with van der Waals surface area (Å²) in [6, 6.07) is 16.8. The van der Waals surface area contributed by atoms with Gasteiger partial charge in [-0.05, 0) is 56.5 Å². The molecule has 0 bridgehead atoms. The highest BCUT2D eigenvalue weighted by Crippen LogP contribution is 2.48. The number of anilines is 1. The first-order valence-corrected chi connectivity index (χ1v) is 9.22. The molecule has 1 fully saturated rings. The van der Waals surface area contributed by atoms with Gasteiger partial charge in [0.15, 0.2) is 0 Å². The maximum absolute atomic E-state index is 13.2. The minimum Gasteiger partial charge on any atom is -0.335 e.